The van der Waals surface area contributed by atoms with Crippen molar-refractivity contribution < 1.29 is 9.45 Å². The number of aromatic nitrogens is 2. The van der Waals surface area contributed by atoms with Gasteiger partial charge in [0.25, 0.3) is 5.69 Å². The molecule has 7 nitrogen and oxygen atoms in total. The molecule has 0 atom stereocenters. The average molecular weight is 284 g/mol. The molecule has 0 unspecified atom stereocenters. The lowest BCUT2D eigenvalue weighted by atomic mass is 10.1. The van der Waals surface area contributed by atoms with Gasteiger partial charge in [-0.25, -0.2) is 0 Å². The highest BCUT2D eigenvalue weighted by molar-refractivity contribution is 5.93. The minimum atomic E-state index is -0.416. The van der Waals surface area contributed by atoms with Crippen LogP contribution in [0.2, 0.25) is 0 Å². The van der Waals surface area contributed by atoms with Crippen molar-refractivity contribution in [3.63, 3.8) is 0 Å². The van der Waals surface area contributed by atoms with Gasteiger partial charge in [-0.2, -0.15) is 0 Å². The van der Waals surface area contributed by atoms with Crippen molar-refractivity contribution in [1.82, 2.24) is 10.1 Å². The smallest absolute Gasteiger partial charge is 0.270 e. The Balaban J connectivity index is 2.02. The van der Waals surface area contributed by atoms with E-state index in [-0.39, 0.29) is 5.69 Å². The average Bonchev–Trinajstić information content (AvgIpc) is 2.97. The summed E-state index contributed by atoms with van der Waals surface area (Å²) in [4.78, 5) is 14.9. The monoisotopic (exact) mass is 284 g/mol. The van der Waals surface area contributed by atoms with Crippen LogP contribution in [-0.4, -0.2) is 15.1 Å². The van der Waals surface area contributed by atoms with Crippen molar-refractivity contribution in [1.29, 1.82) is 0 Å². The molecular formula is C14H12N4O3. The molecule has 0 saturated heterocycles. The summed E-state index contributed by atoms with van der Waals surface area (Å²) in [5, 5.41) is 18.6. The predicted molar refractivity (Wildman–Crippen MR) is 77.0 cm³/mol. The third-order valence-corrected chi connectivity index (χ3v) is 3.08. The van der Waals surface area contributed by atoms with Crippen LogP contribution in [0.1, 0.15) is 11.4 Å². The Morgan fingerprint density at radius 1 is 1.33 bits per heavy atom. The van der Waals surface area contributed by atoms with Crippen LogP contribution in [0.5, 0.6) is 0 Å². The fourth-order valence-electron chi connectivity index (χ4n) is 2.12. The maximum Gasteiger partial charge on any atom is 0.270 e. The number of fused-ring (bicyclic) bond motifs is 1. The lowest BCUT2D eigenvalue weighted by Gasteiger charge is -2.09. The molecule has 0 aliphatic rings. The molecule has 0 saturated carbocycles. The normalized spacial score (nSPS) is 10.7. The topological polar surface area (TPSA) is 94.1 Å². The summed E-state index contributed by atoms with van der Waals surface area (Å²) < 4.78 is 4.77. The molecular weight excluding hydrogens is 272 g/mol. The van der Waals surface area contributed by atoms with Crippen molar-refractivity contribution >= 4 is 22.3 Å². The van der Waals surface area contributed by atoms with Crippen LogP contribution in [0, 0.1) is 17.0 Å². The number of benzene rings is 1. The van der Waals surface area contributed by atoms with E-state index in [0.717, 1.165) is 17.1 Å². The second kappa shape index (κ2) is 5.20. The Kier molecular flexibility index (Phi) is 3.23. The SMILES string of the molecule is Cc1cc(NCc2ccon2)c2cc([N+](=O)[O-])ccc2n1. The standard InChI is InChI=1S/C14H12N4O3/c1-9-6-14(15-8-10-4-5-21-17-10)12-7-11(18(19)20)2-3-13(12)16-9/h2-7H,8H2,1H3,(H,15,16). The summed E-state index contributed by atoms with van der Waals surface area (Å²) in [7, 11) is 0. The van der Waals surface area contributed by atoms with Gasteiger partial charge in [0.05, 0.1) is 17.0 Å². The van der Waals surface area contributed by atoms with Crippen LogP contribution in [0.25, 0.3) is 10.9 Å². The predicted octanol–water partition coefficient (Wildman–Crippen LogP) is 3.05. The Morgan fingerprint density at radius 3 is 2.90 bits per heavy atom. The molecule has 0 radical (unpaired) electrons. The number of pyridine rings is 1. The van der Waals surface area contributed by atoms with Crippen LogP contribution in [-0.2, 0) is 6.54 Å². The zero-order valence-corrected chi connectivity index (χ0v) is 11.2. The van der Waals surface area contributed by atoms with Crippen LogP contribution >= 0.6 is 0 Å². The molecule has 0 aliphatic heterocycles. The van der Waals surface area contributed by atoms with Gasteiger partial charge in [0.1, 0.15) is 12.0 Å². The lowest BCUT2D eigenvalue weighted by Crippen LogP contribution is -2.02. The second-order valence-corrected chi connectivity index (χ2v) is 4.61. The van der Waals surface area contributed by atoms with Gasteiger partial charge in [-0.05, 0) is 19.1 Å². The highest BCUT2D eigenvalue weighted by atomic mass is 16.6. The molecule has 1 aromatic carbocycles. The van der Waals surface area contributed by atoms with Crippen LogP contribution in [0.15, 0.2) is 41.1 Å². The van der Waals surface area contributed by atoms with Gasteiger partial charge in [0, 0.05) is 35.0 Å². The number of rotatable bonds is 4. The zero-order chi connectivity index (χ0) is 14.8. The molecule has 3 rings (SSSR count). The number of nitro benzene ring substituents is 1. The van der Waals surface area contributed by atoms with Crippen molar-refractivity contribution in [3.05, 3.63) is 58.1 Å². The van der Waals surface area contributed by atoms with Crippen molar-refractivity contribution in [3.8, 4) is 0 Å². The summed E-state index contributed by atoms with van der Waals surface area (Å²) in [5.41, 5.74) is 3.12. The minimum absolute atomic E-state index is 0.0395. The van der Waals surface area contributed by atoms with Crippen molar-refractivity contribution in [2.24, 2.45) is 0 Å². The molecule has 0 amide bonds. The lowest BCUT2D eigenvalue weighted by molar-refractivity contribution is -0.384. The Labute approximate surface area is 119 Å². The van der Waals surface area contributed by atoms with Gasteiger partial charge in [0.15, 0.2) is 0 Å². The van der Waals surface area contributed by atoms with Gasteiger partial charge in [-0.3, -0.25) is 15.1 Å². The minimum Gasteiger partial charge on any atom is -0.379 e. The first-order chi connectivity index (χ1) is 10.1. The number of nitrogens with one attached hydrogen (secondary N) is 1. The molecule has 2 heterocycles. The fraction of sp³-hybridized carbons (Fsp3) is 0.143. The number of non-ortho nitro benzene ring substituents is 1. The summed E-state index contributed by atoms with van der Waals surface area (Å²) in [5.74, 6) is 0. The number of anilines is 1. The molecule has 0 spiro atoms. The molecule has 0 aliphatic carbocycles. The van der Waals surface area contributed by atoms with E-state index in [2.05, 4.69) is 15.5 Å². The third kappa shape index (κ3) is 2.66. The first-order valence-corrected chi connectivity index (χ1v) is 6.32. The molecule has 2 aromatic heterocycles. The maximum atomic E-state index is 10.9. The maximum absolute atomic E-state index is 10.9. The Bertz CT molecular complexity index is 799. The molecule has 0 bridgehead atoms. The fourth-order valence-corrected chi connectivity index (χ4v) is 2.12. The van der Waals surface area contributed by atoms with E-state index in [1.54, 1.807) is 12.1 Å². The Morgan fingerprint density at radius 2 is 2.19 bits per heavy atom. The van der Waals surface area contributed by atoms with Gasteiger partial charge in [-0.15, -0.1) is 0 Å². The van der Waals surface area contributed by atoms with E-state index in [1.807, 2.05) is 13.0 Å². The summed E-state index contributed by atoms with van der Waals surface area (Å²) >= 11 is 0. The first-order valence-electron chi connectivity index (χ1n) is 6.32. The van der Waals surface area contributed by atoms with E-state index in [9.17, 15) is 10.1 Å². The highest BCUT2D eigenvalue weighted by Crippen LogP contribution is 2.27. The number of aryl methyl sites for hydroxylation is 1. The molecule has 106 valence electrons. The Hall–Kier alpha value is -2.96. The van der Waals surface area contributed by atoms with Gasteiger partial charge in [-0.1, -0.05) is 5.16 Å². The summed E-state index contributed by atoms with van der Waals surface area (Å²) in [6, 6.07) is 8.24. The number of hydrogen-bond acceptors (Lipinski definition) is 6. The quantitative estimate of drug-likeness (QED) is 0.584. The first kappa shape index (κ1) is 13.0. The van der Waals surface area contributed by atoms with Gasteiger partial charge >= 0.3 is 0 Å². The molecule has 7 heteroatoms. The number of hydrogen-bond donors (Lipinski definition) is 1. The molecule has 0 fully saturated rings. The van der Waals surface area contributed by atoms with E-state index < -0.39 is 4.92 Å². The van der Waals surface area contributed by atoms with Crippen LogP contribution < -0.4 is 5.32 Å². The van der Waals surface area contributed by atoms with E-state index in [1.165, 1.54) is 18.4 Å². The molecule has 21 heavy (non-hydrogen) atoms. The van der Waals surface area contributed by atoms with Crippen LogP contribution in [0.3, 0.4) is 0 Å². The van der Waals surface area contributed by atoms with E-state index >= 15 is 0 Å². The van der Waals surface area contributed by atoms with Gasteiger partial charge < -0.3 is 9.84 Å². The van der Waals surface area contributed by atoms with Crippen molar-refractivity contribution in [2.45, 2.75) is 13.5 Å². The summed E-state index contributed by atoms with van der Waals surface area (Å²) in [6.45, 7) is 2.35. The second-order valence-electron chi connectivity index (χ2n) is 4.61. The van der Waals surface area contributed by atoms with E-state index in [4.69, 9.17) is 4.52 Å². The van der Waals surface area contributed by atoms with E-state index in [0.29, 0.717) is 17.4 Å². The van der Waals surface area contributed by atoms with Crippen LogP contribution in [0.4, 0.5) is 11.4 Å². The third-order valence-electron chi connectivity index (χ3n) is 3.08. The van der Waals surface area contributed by atoms with Gasteiger partial charge in [0.2, 0.25) is 0 Å². The summed E-state index contributed by atoms with van der Waals surface area (Å²) in [6.07, 6.45) is 1.50. The number of nitrogens with zero attached hydrogens (tertiary/aromatic N) is 3. The number of nitro groups is 1. The zero-order valence-electron chi connectivity index (χ0n) is 11.2. The van der Waals surface area contributed by atoms with Crippen molar-refractivity contribution in [2.75, 3.05) is 5.32 Å². The largest absolute Gasteiger partial charge is 0.379 e. The molecule has 1 N–H and O–H groups in total. The molecule has 3 aromatic rings. The highest BCUT2D eigenvalue weighted by Gasteiger charge is 2.11.